The molecule has 1 heterocycles. The van der Waals surface area contributed by atoms with Crippen LogP contribution in [0.4, 0.5) is 0 Å². The molecule has 2 aliphatic carbocycles. The Labute approximate surface area is 282 Å². The third-order valence-electron chi connectivity index (χ3n) is 10.8. The van der Waals surface area contributed by atoms with Crippen LogP contribution >= 0.6 is 0 Å². The summed E-state index contributed by atoms with van der Waals surface area (Å²) in [4.78, 5) is 0. The number of hydrogen-bond acceptors (Lipinski definition) is 0. The van der Waals surface area contributed by atoms with E-state index in [0.29, 0.717) is 19.2 Å². The Morgan fingerprint density at radius 2 is 0.932 bits per heavy atom. The molecule has 3 aliphatic rings. The topological polar surface area (TPSA) is 0 Å². The Kier molecular flexibility index (Phi) is 9.73. The van der Waals surface area contributed by atoms with Crippen LogP contribution in [0.5, 0.6) is 0 Å². The van der Waals surface area contributed by atoms with Gasteiger partial charge in [-0.05, 0) is 0 Å². The minimum atomic E-state index is -2.92. The summed E-state index contributed by atoms with van der Waals surface area (Å²) >= 11 is -2.92. The Morgan fingerprint density at radius 3 is 1.25 bits per heavy atom. The first-order valence-electron chi connectivity index (χ1n) is 16.1. The molecule has 7 rings (SSSR count). The van der Waals surface area contributed by atoms with E-state index < -0.39 is 20.0 Å². The van der Waals surface area contributed by atoms with Crippen LogP contribution in [-0.2, 0) is 20.0 Å². The van der Waals surface area contributed by atoms with Crippen molar-refractivity contribution in [2.45, 2.75) is 75.5 Å². The molecule has 0 nitrogen and oxygen atoms in total. The fourth-order valence-corrected chi connectivity index (χ4v) is 31.5. The molecule has 0 bridgehead atoms. The number of benzene rings is 4. The number of allylic oxidation sites excluding steroid dienone is 2. The van der Waals surface area contributed by atoms with Gasteiger partial charge in [0.1, 0.15) is 0 Å². The van der Waals surface area contributed by atoms with Crippen LogP contribution in [0.15, 0.2) is 96.1 Å². The van der Waals surface area contributed by atoms with E-state index >= 15 is 0 Å². The maximum absolute atomic E-state index is 2.92. The van der Waals surface area contributed by atoms with Gasteiger partial charge in [0.05, 0.1) is 0 Å². The van der Waals surface area contributed by atoms with Crippen LogP contribution in [0.2, 0.25) is 8.35 Å². The fourth-order valence-electron chi connectivity index (χ4n) is 8.56. The first kappa shape index (κ1) is 33.2. The standard InChI is InChI=1S/2C19H19.C3H6.2ClH.Hf/c2*1-13(2)15-7-9-16(10-8-15)18-6-4-5-17-11-14(3)12-19(17)18;1-3-2;;;/h2*4-13H,1-3H3;1-3H2;2*1H;/q;;;;;+2/p-2. The molecule has 1 saturated heterocycles. The maximum atomic E-state index is 2.58. The van der Waals surface area contributed by atoms with E-state index in [1.807, 2.05) is 0 Å². The van der Waals surface area contributed by atoms with Crippen molar-refractivity contribution in [1.29, 1.82) is 0 Å². The summed E-state index contributed by atoms with van der Waals surface area (Å²) in [5.41, 5.74) is 17.9. The summed E-state index contributed by atoms with van der Waals surface area (Å²) in [5.74, 6) is 1.12. The Bertz CT molecular complexity index is 1590. The van der Waals surface area contributed by atoms with Gasteiger partial charge in [-0.25, -0.2) is 0 Å². The molecule has 0 spiro atoms. The first-order chi connectivity index (χ1) is 20.3. The molecule has 226 valence electrons. The van der Waals surface area contributed by atoms with E-state index in [-0.39, 0.29) is 24.8 Å². The Balaban J connectivity index is 0.00000192. The van der Waals surface area contributed by atoms with Gasteiger partial charge in [0.25, 0.3) is 0 Å². The molecule has 3 heteroatoms. The molecular formula is C41H44Cl2Hf. The molecule has 0 amide bonds. The maximum Gasteiger partial charge on any atom is -1.00 e. The van der Waals surface area contributed by atoms with Gasteiger partial charge < -0.3 is 24.8 Å². The van der Waals surface area contributed by atoms with Gasteiger partial charge in [0.2, 0.25) is 0 Å². The summed E-state index contributed by atoms with van der Waals surface area (Å²) in [6.07, 6.45) is 6.58. The molecule has 0 saturated carbocycles. The zero-order valence-corrected chi connectivity index (χ0v) is 32.0. The molecule has 2 atom stereocenters. The number of halogens is 2. The van der Waals surface area contributed by atoms with Crippen molar-refractivity contribution in [3.8, 4) is 22.3 Å². The summed E-state index contributed by atoms with van der Waals surface area (Å²) in [6, 6.07) is 33.1. The van der Waals surface area contributed by atoms with Crippen LogP contribution in [-0.4, -0.2) is 0 Å². The Hall–Kier alpha value is -2.19. The third-order valence-corrected chi connectivity index (χ3v) is 33.8. The van der Waals surface area contributed by atoms with Gasteiger partial charge in [-0.1, -0.05) is 0 Å². The molecule has 0 N–H and O–H groups in total. The molecule has 44 heavy (non-hydrogen) atoms. The first-order valence-corrected chi connectivity index (χ1v) is 25.3. The quantitative estimate of drug-likeness (QED) is 0.202. The minimum absolute atomic E-state index is 0. The van der Waals surface area contributed by atoms with E-state index in [4.69, 9.17) is 0 Å². The molecule has 1 fully saturated rings. The summed E-state index contributed by atoms with van der Waals surface area (Å²) < 4.78 is 4.39. The number of fused-ring (bicyclic) bond motifs is 2. The second kappa shape index (κ2) is 12.9. The Morgan fingerprint density at radius 1 is 0.545 bits per heavy atom. The second-order valence-corrected chi connectivity index (χ2v) is 30.5. The smallest absolute Gasteiger partial charge is 1.00 e. The van der Waals surface area contributed by atoms with Crippen molar-refractivity contribution >= 4 is 12.2 Å². The zero-order chi connectivity index (χ0) is 29.2. The van der Waals surface area contributed by atoms with Gasteiger partial charge in [-0.15, -0.1) is 0 Å². The van der Waals surface area contributed by atoms with E-state index in [1.54, 1.807) is 22.3 Å². The number of rotatable bonds is 6. The average Bonchev–Trinajstić information content (AvgIpc) is 3.49. The van der Waals surface area contributed by atoms with E-state index in [1.165, 1.54) is 59.3 Å². The van der Waals surface area contributed by atoms with Crippen LogP contribution in [0.25, 0.3) is 34.4 Å². The molecule has 4 aromatic rings. The largest absolute Gasteiger partial charge is 1.00 e. The van der Waals surface area contributed by atoms with Crippen LogP contribution < -0.4 is 24.8 Å². The molecule has 0 aromatic heterocycles. The third kappa shape index (κ3) is 5.36. The van der Waals surface area contributed by atoms with E-state index in [9.17, 15) is 0 Å². The molecule has 0 radical (unpaired) electrons. The monoisotopic (exact) mass is 786 g/mol. The van der Waals surface area contributed by atoms with Crippen molar-refractivity contribution in [3.05, 3.63) is 129 Å². The van der Waals surface area contributed by atoms with Crippen molar-refractivity contribution in [1.82, 2.24) is 0 Å². The van der Waals surface area contributed by atoms with E-state index in [0.717, 1.165) is 0 Å². The van der Waals surface area contributed by atoms with Gasteiger partial charge >= 0.3 is 259 Å². The van der Waals surface area contributed by atoms with Gasteiger partial charge in [-0.2, -0.15) is 0 Å². The van der Waals surface area contributed by atoms with Gasteiger partial charge in [0.15, 0.2) is 0 Å². The molecular weight excluding hydrogens is 742 g/mol. The molecule has 4 aromatic carbocycles. The minimum Gasteiger partial charge on any atom is -1.00 e. The normalized spacial score (nSPS) is 18.6. The summed E-state index contributed by atoms with van der Waals surface area (Å²) in [6.45, 7) is 14.0. The SMILES string of the molecule is CC1=Cc2c(-c3ccc(C(C)C)cc3)cccc2[CH]1[Hf+2]1([CH]2C(C)=Cc3c(-c4ccc(C(C)C)cc4)cccc32)[CH2]C[CH2]1.[Cl-].[Cl-]. The van der Waals surface area contributed by atoms with Crippen molar-refractivity contribution in [2.24, 2.45) is 0 Å². The van der Waals surface area contributed by atoms with Crippen LogP contribution in [0, 0.1) is 0 Å². The van der Waals surface area contributed by atoms with Gasteiger partial charge in [0, 0.05) is 0 Å². The van der Waals surface area contributed by atoms with Crippen molar-refractivity contribution < 1.29 is 44.8 Å². The molecule has 2 unspecified atom stereocenters. The summed E-state index contributed by atoms with van der Waals surface area (Å²) in [5, 5.41) is 0. The zero-order valence-electron chi connectivity index (χ0n) is 26.9. The van der Waals surface area contributed by atoms with Crippen molar-refractivity contribution in [2.75, 3.05) is 0 Å². The van der Waals surface area contributed by atoms with Crippen LogP contribution in [0.3, 0.4) is 0 Å². The number of hydrogen-bond donors (Lipinski definition) is 0. The predicted molar refractivity (Wildman–Crippen MR) is 179 cm³/mol. The molecule has 1 aliphatic heterocycles. The van der Waals surface area contributed by atoms with E-state index in [2.05, 4.69) is 139 Å². The van der Waals surface area contributed by atoms with Crippen molar-refractivity contribution in [3.63, 3.8) is 0 Å². The average molecular weight is 786 g/mol. The summed E-state index contributed by atoms with van der Waals surface area (Å²) in [7, 11) is 0. The fraction of sp³-hybridized carbons (Fsp3) is 0.317. The predicted octanol–water partition coefficient (Wildman–Crippen LogP) is 6.29. The van der Waals surface area contributed by atoms with Gasteiger partial charge in [-0.3, -0.25) is 0 Å². The second-order valence-electron chi connectivity index (χ2n) is 13.9. The van der Waals surface area contributed by atoms with Crippen LogP contribution in [0.1, 0.15) is 101 Å².